The fourth-order valence-electron chi connectivity index (χ4n) is 3.02. The van der Waals surface area contributed by atoms with E-state index in [2.05, 4.69) is 15.3 Å². The third-order valence-electron chi connectivity index (χ3n) is 3.97. The predicted octanol–water partition coefficient (Wildman–Crippen LogP) is 2.40. The molecule has 3 rings (SSSR count). The SMILES string of the molecule is CC(N)c1csc(N2CC3CCCC3C2)n1. The Kier molecular flexibility index (Phi) is 2.64. The van der Waals surface area contributed by atoms with Gasteiger partial charge in [0, 0.05) is 24.5 Å². The molecule has 4 heteroatoms. The number of rotatable bonds is 2. The van der Waals surface area contributed by atoms with Crippen molar-refractivity contribution in [3.63, 3.8) is 0 Å². The van der Waals surface area contributed by atoms with Crippen LogP contribution >= 0.6 is 11.3 Å². The Balaban J connectivity index is 1.73. The number of nitrogens with zero attached hydrogens (tertiary/aromatic N) is 2. The monoisotopic (exact) mass is 237 g/mol. The van der Waals surface area contributed by atoms with Crippen molar-refractivity contribution in [2.24, 2.45) is 17.6 Å². The second kappa shape index (κ2) is 4.00. The van der Waals surface area contributed by atoms with E-state index in [9.17, 15) is 0 Å². The van der Waals surface area contributed by atoms with Crippen molar-refractivity contribution < 1.29 is 0 Å². The maximum atomic E-state index is 5.84. The summed E-state index contributed by atoms with van der Waals surface area (Å²) >= 11 is 1.75. The molecule has 16 heavy (non-hydrogen) atoms. The van der Waals surface area contributed by atoms with Crippen molar-refractivity contribution in [3.05, 3.63) is 11.1 Å². The summed E-state index contributed by atoms with van der Waals surface area (Å²) in [7, 11) is 0. The van der Waals surface area contributed by atoms with E-state index in [0.29, 0.717) is 0 Å². The first-order valence-electron chi connectivity index (χ1n) is 6.20. The van der Waals surface area contributed by atoms with Crippen molar-refractivity contribution in [1.82, 2.24) is 4.98 Å². The fourth-order valence-corrected chi connectivity index (χ4v) is 3.97. The molecule has 88 valence electrons. The van der Waals surface area contributed by atoms with Crippen LogP contribution in [0.3, 0.4) is 0 Å². The molecule has 3 atom stereocenters. The third-order valence-corrected chi connectivity index (χ3v) is 4.89. The zero-order valence-electron chi connectivity index (χ0n) is 9.72. The summed E-state index contributed by atoms with van der Waals surface area (Å²) in [5.74, 6) is 1.87. The molecular formula is C12H19N3S. The van der Waals surface area contributed by atoms with Crippen LogP contribution in [-0.2, 0) is 0 Å². The van der Waals surface area contributed by atoms with Crippen LogP contribution in [0.4, 0.5) is 5.13 Å². The van der Waals surface area contributed by atoms with Gasteiger partial charge in [0.2, 0.25) is 0 Å². The van der Waals surface area contributed by atoms with Crippen molar-refractivity contribution in [2.45, 2.75) is 32.2 Å². The van der Waals surface area contributed by atoms with Crippen LogP contribution in [0.15, 0.2) is 5.38 Å². The molecule has 1 aliphatic carbocycles. The molecule has 0 radical (unpaired) electrons. The van der Waals surface area contributed by atoms with Gasteiger partial charge in [0.15, 0.2) is 5.13 Å². The maximum Gasteiger partial charge on any atom is 0.185 e. The van der Waals surface area contributed by atoms with Crippen molar-refractivity contribution in [2.75, 3.05) is 18.0 Å². The molecule has 3 nitrogen and oxygen atoms in total. The molecule has 2 fully saturated rings. The molecule has 0 amide bonds. The largest absolute Gasteiger partial charge is 0.348 e. The molecule has 1 saturated heterocycles. The summed E-state index contributed by atoms with van der Waals surface area (Å²) < 4.78 is 0. The van der Waals surface area contributed by atoms with Crippen molar-refractivity contribution in [3.8, 4) is 0 Å². The summed E-state index contributed by atoms with van der Waals surface area (Å²) in [6.07, 6.45) is 4.28. The molecule has 1 saturated carbocycles. The molecular weight excluding hydrogens is 218 g/mol. The van der Waals surface area contributed by atoms with Gasteiger partial charge in [-0.15, -0.1) is 11.3 Å². The second-order valence-electron chi connectivity index (χ2n) is 5.20. The summed E-state index contributed by atoms with van der Waals surface area (Å²) in [5, 5.41) is 3.29. The van der Waals surface area contributed by atoms with Gasteiger partial charge in [-0.1, -0.05) is 6.42 Å². The van der Waals surface area contributed by atoms with E-state index >= 15 is 0 Å². The minimum Gasteiger partial charge on any atom is -0.348 e. The standard InChI is InChI=1S/C12H19N3S/c1-8(13)11-7-16-12(14-11)15-5-9-3-2-4-10(9)6-15/h7-10H,2-6,13H2,1H3. The minimum atomic E-state index is 0.0621. The number of anilines is 1. The van der Waals surface area contributed by atoms with E-state index in [4.69, 9.17) is 5.73 Å². The van der Waals surface area contributed by atoms with Gasteiger partial charge in [-0.2, -0.15) is 0 Å². The van der Waals surface area contributed by atoms with Crippen molar-refractivity contribution >= 4 is 16.5 Å². The van der Waals surface area contributed by atoms with Crippen LogP contribution in [-0.4, -0.2) is 18.1 Å². The fraction of sp³-hybridized carbons (Fsp3) is 0.750. The van der Waals surface area contributed by atoms with Gasteiger partial charge in [-0.25, -0.2) is 4.98 Å². The Morgan fingerprint density at radius 2 is 2.12 bits per heavy atom. The summed E-state index contributed by atoms with van der Waals surface area (Å²) in [6.45, 7) is 4.44. The molecule has 1 aromatic rings. The first-order valence-corrected chi connectivity index (χ1v) is 7.08. The highest BCUT2D eigenvalue weighted by Crippen LogP contribution is 2.40. The average Bonchev–Trinajstić information content (AvgIpc) is 2.91. The number of hydrogen-bond donors (Lipinski definition) is 1. The van der Waals surface area contributed by atoms with E-state index in [1.807, 2.05) is 6.92 Å². The lowest BCUT2D eigenvalue weighted by molar-refractivity contribution is 0.494. The molecule has 2 aliphatic rings. The molecule has 0 bridgehead atoms. The highest BCUT2D eigenvalue weighted by Gasteiger charge is 2.36. The zero-order chi connectivity index (χ0) is 11.1. The molecule has 2 N–H and O–H groups in total. The van der Waals surface area contributed by atoms with E-state index in [1.165, 1.54) is 37.5 Å². The van der Waals surface area contributed by atoms with Crippen molar-refractivity contribution in [1.29, 1.82) is 0 Å². The Labute approximate surface area is 101 Å². The topological polar surface area (TPSA) is 42.1 Å². The molecule has 1 aromatic heterocycles. The molecule has 0 aromatic carbocycles. The lowest BCUT2D eigenvalue weighted by Gasteiger charge is -2.15. The summed E-state index contributed by atoms with van der Waals surface area (Å²) in [6, 6.07) is 0.0621. The second-order valence-corrected chi connectivity index (χ2v) is 6.04. The zero-order valence-corrected chi connectivity index (χ0v) is 10.5. The number of nitrogens with two attached hydrogens (primary N) is 1. The van der Waals surface area contributed by atoms with Gasteiger partial charge >= 0.3 is 0 Å². The van der Waals surface area contributed by atoms with Gasteiger partial charge in [0.1, 0.15) is 0 Å². The predicted molar refractivity (Wildman–Crippen MR) is 67.8 cm³/mol. The highest BCUT2D eigenvalue weighted by atomic mass is 32.1. The number of fused-ring (bicyclic) bond motifs is 1. The Bertz CT molecular complexity index is 362. The van der Waals surface area contributed by atoms with E-state index in [0.717, 1.165) is 17.5 Å². The molecule has 3 unspecified atom stereocenters. The van der Waals surface area contributed by atoms with Gasteiger partial charge in [-0.05, 0) is 31.6 Å². The molecule has 0 spiro atoms. The van der Waals surface area contributed by atoms with E-state index in [-0.39, 0.29) is 6.04 Å². The normalized spacial score (nSPS) is 30.8. The van der Waals surface area contributed by atoms with Crippen LogP contribution in [0.2, 0.25) is 0 Å². The number of thiazole rings is 1. The number of hydrogen-bond acceptors (Lipinski definition) is 4. The van der Waals surface area contributed by atoms with Gasteiger partial charge in [-0.3, -0.25) is 0 Å². The van der Waals surface area contributed by atoms with E-state index in [1.54, 1.807) is 11.3 Å². The van der Waals surface area contributed by atoms with Gasteiger partial charge < -0.3 is 10.6 Å². The van der Waals surface area contributed by atoms with Gasteiger partial charge in [0.25, 0.3) is 0 Å². The lowest BCUT2D eigenvalue weighted by atomic mass is 10.0. The van der Waals surface area contributed by atoms with Crippen LogP contribution in [0.1, 0.15) is 37.9 Å². The lowest BCUT2D eigenvalue weighted by Crippen LogP contribution is -2.20. The Morgan fingerprint density at radius 3 is 2.69 bits per heavy atom. The number of aromatic nitrogens is 1. The summed E-state index contributed by atoms with van der Waals surface area (Å²) in [5.41, 5.74) is 6.88. The van der Waals surface area contributed by atoms with E-state index < -0.39 is 0 Å². The smallest absolute Gasteiger partial charge is 0.185 e. The first-order chi connectivity index (χ1) is 7.74. The highest BCUT2D eigenvalue weighted by molar-refractivity contribution is 7.13. The quantitative estimate of drug-likeness (QED) is 0.859. The Morgan fingerprint density at radius 1 is 1.44 bits per heavy atom. The van der Waals surface area contributed by atoms with Crippen LogP contribution in [0.25, 0.3) is 0 Å². The maximum absolute atomic E-state index is 5.84. The van der Waals surface area contributed by atoms with Crippen LogP contribution < -0.4 is 10.6 Å². The van der Waals surface area contributed by atoms with Crippen LogP contribution in [0.5, 0.6) is 0 Å². The van der Waals surface area contributed by atoms with Crippen LogP contribution in [0, 0.1) is 11.8 Å². The molecule has 2 heterocycles. The first kappa shape index (κ1) is 10.5. The Hall–Kier alpha value is -0.610. The minimum absolute atomic E-state index is 0.0621. The van der Waals surface area contributed by atoms with Gasteiger partial charge in [0.05, 0.1) is 5.69 Å². The average molecular weight is 237 g/mol. The summed E-state index contributed by atoms with van der Waals surface area (Å²) in [4.78, 5) is 7.10. The third kappa shape index (κ3) is 1.74. The molecule has 1 aliphatic heterocycles.